The molecular formula is C9H4N2O. The fourth-order valence-corrected chi connectivity index (χ4v) is 0.649. The predicted molar refractivity (Wildman–Crippen MR) is 42.1 cm³/mol. The Morgan fingerprint density at radius 3 is 2.83 bits per heavy atom. The first-order valence-electron chi connectivity index (χ1n) is 3.18. The molecule has 0 fully saturated rings. The molecule has 56 valence electrons. The van der Waals surface area contributed by atoms with E-state index in [1.807, 2.05) is 0 Å². The van der Waals surface area contributed by atoms with Crippen LogP contribution < -0.4 is 0 Å². The van der Waals surface area contributed by atoms with Crippen LogP contribution in [0.25, 0.3) is 0 Å². The Morgan fingerprint density at radius 2 is 2.33 bits per heavy atom. The van der Waals surface area contributed by atoms with Crippen molar-refractivity contribution >= 4 is 6.29 Å². The molecule has 0 saturated carbocycles. The summed E-state index contributed by atoms with van der Waals surface area (Å²) in [6.07, 6.45) is 2.11. The van der Waals surface area contributed by atoms with Crippen molar-refractivity contribution in [2.45, 2.75) is 0 Å². The Bertz CT molecular complexity index is 376. The molecule has 1 aromatic rings. The highest BCUT2D eigenvalue weighted by Gasteiger charge is 1.89. The summed E-state index contributed by atoms with van der Waals surface area (Å²) in [6.45, 7) is 0. The third-order valence-corrected chi connectivity index (χ3v) is 1.17. The van der Waals surface area contributed by atoms with Crippen LogP contribution in [0.15, 0.2) is 18.3 Å². The van der Waals surface area contributed by atoms with E-state index in [4.69, 9.17) is 5.26 Å². The zero-order valence-electron chi connectivity index (χ0n) is 6.11. The molecule has 0 unspecified atom stereocenters. The number of nitriles is 1. The first kappa shape index (κ1) is 7.97. The van der Waals surface area contributed by atoms with Crippen LogP contribution in [0, 0.1) is 23.2 Å². The highest BCUT2D eigenvalue weighted by molar-refractivity contribution is 5.71. The van der Waals surface area contributed by atoms with Crippen LogP contribution in [0.2, 0.25) is 0 Å². The maximum Gasteiger partial charge on any atom is 0.168 e. The number of rotatable bonds is 1. The Morgan fingerprint density at radius 1 is 1.50 bits per heavy atom. The van der Waals surface area contributed by atoms with Gasteiger partial charge in [-0.25, -0.2) is 0 Å². The molecule has 3 nitrogen and oxygen atoms in total. The van der Waals surface area contributed by atoms with Crippen LogP contribution in [0.5, 0.6) is 0 Å². The highest BCUT2D eigenvalue weighted by atomic mass is 16.1. The maximum absolute atomic E-state index is 10.2. The molecule has 0 N–H and O–H groups in total. The summed E-state index contributed by atoms with van der Waals surface area (Å²) < 4.78 is 0. The topological polar surface area (TPSA) is 53.8 Å². The van der Waals surface area contributed by atoms with Crippen LogP contribution in [0.1, 0.15) is 16.1 Å². The van der Waals surface area contributed by atoms with Crippen molar-refractivity contribution in [3.63, 3.8) is 0 Å². The van der Waals surface area contributed by atoms with Crippen molar-refractivity contribution in [1.82, 2.24) is 4.98 Å². The minimum atomic E-state index is 0.359. The first-order valence-corrected chi connectivity index (χ1v) is 3.18. The van der Waals surface area contributed by atoms with Gasteiger partial charge >= 0.3 is 0 Å². The minimum Gasteiger partial charge on any atom is -0.296 e. The lowest BCUT2D eigenvalue weighted by Gasteiger charge is -1.88. The first-order chi connectivity index (χ1) is 5.86. The molecule has 0 amide bonds. The quantitative estimate of drug-likeness (QED) is 0.445. The number of hydrogen-bond acceptors (Lipinski definition) is 3. The number of carbonyl (C=O) groups excluding carboxylic acids is 1. The van der Waals surface area contributed by atoms with Gasteiger partial charge in [-0.15, -0.1) is 0 Å². The van der Waals surface area contributed by atoms with E-state index < -0.39 is 0 Å². The molecule has 0 aromatic carbocycles. The molecule has 0 bridgehead atoms. The predicted octanol–water partition coefficient (Wildman–Crippen LogP) is 0.769. The van der Waals surface area contributed by atoms with E-state index in [0.717, 1.165) is 0 Å². The van der Waals surface area contributed by atoms with Gasteiger partial charge in [0.15, 0.2) is 12.4 Å². The lowest BCUT2D eigenvalue weighted by atomic mass is 10.2. The third-order valence-electron chi connectivity index (χ3n) is 1.17. The molecule has 0 atom stereocenters. The van der Waals surface area contributed by atoms with Gasteiger partial charge in [-0.2, -0.15) is 5.26 Å². The van der Waals surface area contributed by atoms with E-state index in [1.54, 1.807) is 18.2 Å². The van der Waals surface area contributed by atoms with Crippen molar-refractivity contribution < 1.29 is 4.79 Å². The summed E-state index contributed by atoms with van der Waals surface area (Å²) in [7, 11) is 0. The number of carbonyl (C=O) groups is 1. The molecule has 0 aliphatic rings. The summed E-state index contributed by atoms with van der Waals surface area (Å²) in [5.74, 6) is 4.79. The van der Waals surface area contributed by atoms with E-state index in [1.165, 1.54) is 6.20 Å². The van der Waals surface area contributed by atoms with Crippen LogP contribution in [-0.4, -0.2) is 11.3 Å². The molecule has 1 rings (SSSR count). The van der Waals surface area contributed by atoms with Gasteiger partial charge in [-0.3, -0.25) is 9.78 Å². The van der Waals surface area contributed by atoms with E-state index >= 15 is 0 Å². The average molecular weight is 156 g/mol. The minimum absolute atomic E-state index is 0.359. The summed E-state index contributed by atoms with van der Waals surface area (Å²) in [4.78, 5) is 14.0. The van der Waals surface area contributed by atoms with Gasteiger partial charge in [-0.1, -0.05) is 0 Å². The Hall–Kier alpha value is -2.13. The van der Waals surface area contributed by atoms with Gasteiger partial charge < -0.3 is 0 Å². The fourth-order valence-electron chi connectivity index (χ4n) is 0.649. The molecule has 0 saturated heterocycles. The molecule has 0 radical (unpaired) electrons. The molecule has 1 aromatic heterocycles. The number of nitrogens with zero attached hydrogens (tertiary/aromatic N) is 2. The van der Waals surface area contributed by atoms with E-state index in [0.29, 0.717) is 17.5 Å². The second-order valence-electron chi connectivity index (χ2n) is 1.95. The number of aromatic nitrogens is 1. The zero-order valence-corrected chi connectivity index (χ0v) is 6.11. The molecule has 3 heteroatoms. The SMILES string of the molecule is N#CC#Cc1ccc(C=O)nc1. The standard InChI is InChI=1S/C9H4N2O/c10-5-1-2-8-3-4-9(7-12)11-6-8/h3-4,6-7H. The molecule has 0 aliphatic heterocycles. The molecule has 0 aliphatic carbocycles. The highest BCUT2D eigenvalue weighted by Crippen LogP contribution is 1.95. The summed E-state index contributed by atoms with van der Waals surface area (Å²) >= 11 is 0. The van der Waals surface area contributed by atoms with Gasteiger partial charge in [0.25, 0.3) is 0 Å². The largest absolute Gasteiger partial charge is 0.296 e. The van der Waals surface area contributed by atoms with Crippen molar-refractivity contribution in [2.75, 3.05) is 0 Å². The molecule has 12 heavy (non-hydrogen) atoms. The molecular weight excluding hydrogens is 152 g/mol. The van der Waals surface area contributed by atoms with E-state index in [2.05, 4.69) is 16.8 Å². The number of hydrogen-bond donors (Lipinski definition) is 0. The van der Waals surface area contributed by atoms with Gasteiger partial charge in [0, 0.05) is 17.7 Å². The summed E-state index contributed by atoms with van der Waals surface area (Å²) in [5.41, 5.74) is 0.986. The van der Waals surface area contributed by atoms with Crippen LogP contribution in [0.3, 0.4) is 0 Å². The Labute approximate surface area is 69.7 Å². The number of aldehydes is 1. The van der Waals surface area contributed by atoms with Crippen molar-refractivity contribution in [2.24, 2.45) is 0 Å². The van der Waals surface area contributed by atoms with Crippen LogP contribution in [0.4, 0.5) is 0 Å². The monoisotopic (exact) mass is 156 g/mol. The van der Waals surface area contributed by atoms with Crippen molar-refractivity contribution in [1.29, 1.82) is 5.26 Å². The lowest BCUT2D eigenvalue weighted by molar-refractivity contribution is 0.111. The van der Waals surface area contributed by atoms with Crippen LogP contribution in [-0.2, 0) is 0 Å². The maximum atomic E-state index is 10.2. The Balaban J connectivity index is 2.94. The molecule has 0 spiro atoms. The fraction of sp³-hybridized carbons (Fsp3) is 0. The van der Waals surface area contributed by atoms with Crippen LogP contribution >= 0.6 is 0 Å². The second kappa shape index (κ2) is 3.90. The van der Waals surface area contributed by atoms with Gasteiger partial charge in [-0.05, 0) is 18.1 Å². The van der Waals surface area contributed by atoms with Crippen molar-refractivity contribution in [3.05, 3.63) is 29.6 Å². The van der Waals surface area contributed by atoms with Gasteiger partial charge in [0.2, 0.25) is 0 Å². The normalized spacial score (nSPS) is 7.58. The number of pyridine rings is 1. The van der Waals surface area contributed by atoms with Crippen molar-refractivity contribution in [3.8, 4) is 17.9 Å². The summed E-state index contributed by atoms with van der Waals surface area (Å²) in [5, 5.41) is 8.13. The smallest absolute Gasteiger partial charge is 0.168 e. The van der Waals surface area contributed by atoms with E-state index in [9.17, 15) is 4.79 Å². The average Bonchev–Trinajstić information content (AvgIpc) is 2.15. The van der Waals surface area contributed by atoms with Gasteiger partial charge in [0.1, 0.15) is 5.69 Å². The third kappa shape index (κ3) is 1.93. The lowest BCUT2D eigenvalue weighted by Crippen LogP contribution is -1.85. The summed E-state index contributed by atoms with van der Waals surface area (Å²) in [6, 6.07) is 4.88. The second-order valence-corrected chi connectivity index (χ2v) is 1.95. The zero-order chi connectivity index (χ0) is 8.81. The molecule has 1 heterocycles. The van der Waals surface area contributed by atoms with E-state index in [-0.39, 0.29) is 0 Å². The Kier molecular flexibility index (Phi) is 2.59. The van der Waals surface area contributed by atoms with Gasteiger partial charge in [0.05, 0.1) is 0 Å².